The summed E-state index contributed by atoms with van der Waals surface area (Å²) >= 11 is 0. The van der Waals surface area contributed by atoms with Crippen LogP contribution in [0.15, 0.2) is 54.9 Å². The lowest BCUT2D eigenvalue weighted by atomic mass is 10.2. The third-order valence-corrected chi connectivity index (χ3v) is 3.72. The number of hydrogen-bond acceptors (Lipinski definition) is 3. The molecular weight excluding hydrogens is 286 g/mol. The minimum absolute atomic E-state index is 0.569. The van der Waals surface area contributed by atoms with Crippen molar-refractivity contribution in [3.8, 4) is 0 Å². The second-order valence-corrected chi connectivity index (χ2v) is 6.68. The molecule has 0 aliphatic rings. The average Bonchev–Trinajstić information content (AvgIpc) is 2.81. The molecule has 108 valence electrons. The van der Waals surface area contributed by atoms with Gasteiger partial charge in [0.05, 0.1) is 23.6 Å². The number of para-hydroxylation sites is 2. The number of aromatic nitrogens is 2. The molecule has 0 aliphatic carbocycles. The summed E-state index contributed by atoms with van der Waals surface area (Å²) in [6.07, 6.45) is 2.93. The lowest BCUT2D eigenvalue weighted by Crippen LogP contribution is -2.09. The number of benzene rings is 2. The molecule has 21 heavy (non-hydrogen) atoms. The molecule has 0 saturated heterocycles. The predicted octanol–water partition coefficient (Wildman–Crippen LogP) is 2.46. The van der Waals surface area contributed by atoms with Gasteiger partial charge in [-0.1, -0.05) is 24.3 Å². The summed E-state index contributed by atoms with van der Waals surface area (Å²) < 4.78 is 27.1. The number of nitrogens with one attached hydrogen (secondary N) is 1. The first-order chi connectivity index (χ1) is 10.0. The van der Waals surface area contributed by atoms with Gasteiger partial charge >= 0.3 is 0 Å². The van der Waals surface area contributed by atoms with Gasteiger partial charge in [-0.2, -0.15) is 0 Å². The molecular formula is C15H15N3O2S. The minimum Gasteiger partial charge on any atom is -0.326 e. The Morgan fingerprint density at radius 2 is 1.95 bits per heavy atom. The SMILES string of the molecule is CS(=O)(=O)Nc1cccc(Cn2cnc3ccccc32)c1. The molecule has 0 spiro atoms. The standard InChI is InChI=1S/C15H15N3O2S/c1-21(19,20)17-13-6-4-5-12(9-13)10-18-11-16-14-7-2-3-8-15(14)18/h2-9,11,17H,10H2,1H3. The first-order valence-corrected chi connectivity index (χ1v) is 8.37. The molecule has 0 fully saturated rings. The molecule has 2 aromatic carbocycles. The molecule has 3 aromatic rings. The smallest absolute Gasteiger partial charge is 0.229 e. The van der Waals surface area contributed by atoms with Crippen molar-refractivity contribution in [3.05, 3.63) is 60.4 Å². The molecule has 1 N–H and O–H groups in total. The van der Waals surface area contributed by atoms with Crippen LogP contribution in [0.25, 0.3) is 11.0 Å². The van der Waals surface area contributed by atoms with E-state index in [1.165, 1.54) is 0 Å². The van der Waals surface area contributed by atoms with Crippen molar-refractivity contribution in [2.45, 2.75) is 6.54 Å². The second kappa shape index (κ2) is 5.21. The van der Waals surface area contributed by atoms with Crippen molar-refractivity contribution in [1.29, 1.82) is 0 Å². The van der Waals surface area contributed by atoms with Crippen LogP contribution in [0.4, 0.5) is 5.69 Å². The number of sulfonamides is 1. The van der Waals surface area contributed by atoms with Crippen molar-refractivity contribution in [2.24, 2.45) is 0 Å². The highest BCUT2D eigenvalue weighted by Crippen LogP contribution is 2.17. The Morgan fingerprint density at radius 3 is 2.76 bits per heavy atom. The highest BCUT2D eigenvalue weighted by atomic mass is 32.2. The van der Waals surface area contributed by atoms with Crippen molar-refractivity contribution < 1.29 is 8.42 Å². The first-order valence-electron chi connectivity index (χ1n) is 6.48. The highest BCUT2D eigenvalue weighted by molar-refractivity contribution is 7.92. The molecule has 0 bridgehead atoms. The van der Waals surface area contributed by atoms with Gasteiger partial charge in [0.1, 0.15) is 0 Å². The largest absolute Gasteiger partial charge is 0.326 e. The van der Waals surface area contributed by atoms with E-state index >= 15 is 0 Å². The Kier molecular flexibility index (Phi) is 3.39. The predicted molar refractivity (Wildman–Crippen MR) is 83.7 cm³/mol. The average molecular weight is 301 g/mol. The van der Waals surface area contributed by atoms with E-state index in [-0.39, 0.29) is 0 Å². The van der Waals surface area contributed by atoms with Crippen molar-refractivity contribution in [1.82, 2.24) is 9.55 Å². The summed E-state index contributed by atoms with van der Waals surface area (Å²) in [6.45, 7) is 0.639. The monoisotopic (exact) mass is 301 g/mol. The number of rotatable bonds is 4. The topological polar surface area (TPSA) is 64.0 Å². The van der Waals surface area contributed by atoms with E-state index in [0.717, 1.165) is 22.9 Å². The first kappa shape index (κ1) is 13.6. The van der Waals surface area contributed by atoms with Crippen molar-refractivity contribution >= 4 is 26.7 Å². The van der Waals surface area contributed by atoms with E-state index in [9.17, 15) is 8.42 Å². The van der Waals surface area contributed by atoms with Crippen LogP contribution in [0.5, 0.6) is 0 Å². The quantitative estimate of drug-likeness (QED) is 0.805. The molecule has 0 radical (unpaired) electrons. The van der Waals surface area contributed by atoms with Gasteiger partial charge in [0, 0.05) is 12.2 Å². The number of nitrogens with zero attached hydrogens (tertiary/aromatic N) is 2. The van der Waals surface area contributed by atoms with E-state index in [0.29, 0.717) is 12.2 Å². The van der Waals surface area contributed by atoms with Crippen LogP contribution in [0, 0.1) is 0 Å². The summed E-state index contributed by atoms with van der Waals surface area (Å²) in [5.74, 6) is 0. The third-order valence-electron chi connectivity index (χ3n) is 3.11. The molecule has 1 aromatic heterocycles. The van der Waals surface area contributed by atoms with E-state index in [2.05, 4.69) is 9.71 Å². The molecule has 0 unspecified atom stereocenters. The normalized spacial score (nSPS) is 11.7. The van der Waals surface area contributed by atoms with Crippen LogP contribution in [-0.4, -0.2) is 24.2 Å². The molecule has 5 nitrogen and oxygen atoms in total. The number of imidazole rings is 1. The maximum absolute atomic E-state index is 11.3. The Labute approximate surface area is 123 Å². The Morgan fingerprint density at radius 1 is 1.14 bits per heavy atom. The lowest BCUT2D eigenvalue weighted by molar-refractivity contribution is 0.607. The second-order valence-electron chi connectivity index (χ2n) is 4.94. The fourth-order valence-electron chi connectivity index (χ4n) is 2.28. The van der Waals surface area contributed by atoms with Gasteiger partial charge in [-0.15, -0.1) is 0 Å². The summed E-state index contributed by atoms with van der Waals surface area (Å²) in [5, 5.41) is 0. The molecule has 3 rings (SSSR count). The van der Waals surface area contributed by atoms with Gasteiger partial charge in [-0.3, -0.25) is 4.72 Å². The molecule has 1 heterocycles. The fraction of sp³-hybridized carbons (Fsp3) is 0.133. The minimum atomic E-state index is -3.26. The Bertz CT molecular complexity index is 885. The van der Waals surface area contributed by atoms with Gasteiger partial charge < -0.3 is 4.57 Å². The summed E-state index contributed by atoms with van der Waals surface area (Å²) in [4.78, 5) is 4.35. The summed E-state index contributed by atoms with van der Waals surface area (Å²) in [7, 11) is -3.26. The zero-order chi connectivity index (χ0) is 14.9. The maximum atomic E-state index is 11.3. The van der Waals surface area contributed by atoms with Gasteiger partial charge in [0.2, 0.25) is 10.0 Å². The molecule has 0 atom stereocenters. The zero-order valence-electron chi connectivity index (χ0n) is 11.5. The van der Waals surface area contributed by atoms with Crippen LogP contribution in [0.3, 0.4) is 0 Å². The van der Waals surface area contributed by atoms with Gasteiger partial charge in [0.15, 0.2) is 0 Å². The molecule has 6 heteroatoms. The van der Waals surface area contributed by atoms with E-state index in [1.54, 1.807) is 12.4 Å². The maximum Gasteiger partial charge on any atom is 0.229 e. The van der Waals surface area contributed by atoms with Gasteiger partial charge in [0.25, 0.3) is 0 Å². The molecule has 0 saturated carbocycles. The van der Waals surface area contributed by atoms with Crippen LogP contribution < -0.4 is 4.72 Å². The summed E-state index contributed by atoms with van der Waals surface area (Å²) in [6, 6.07) is 15.3. The fourth-order valence-corrected chi connectivity index (χ4v) is 2.84. The van der Waals surface area contributed by atoms with Gasteiger partial charge in [-0.25, -0.2) is 13.4 Å². The van der Waals surface area contributed by atoms with E-state index in [4.69, 9.17) is 0 Å². The number of hydrogen-bond donors (Lipinski definition) is 1. The number of anilines is 1. The van der Waals surface area contributed by atoms with Crippen molar-refractivity contribution in [3.63, 3.8) is 0 Å². The van der Waals surface area contributed by atoms with Crippen LogP contribution in [0.2, 0.25) is 0 Å². The van der Waals surface area contributed by atoms with Gasteiger partial charge in [-0.05, 0) is 29.8 Å². The lowest BCUT2D eigenvalue weighted by Gasteiger charge is -2.08. The Balaban J connectivity index is 1.90. The summed E-state index contributed by atoms with van der Waals surface area (Å²) in [5.41, 5.74) is 3.58. The van der Waals surface area contributed by atoms with E-state index < -0.39 is 10.0 Å². The van der Waals surface area contributed by atoms with Crippen LogP contribution in [0.1, 0.15) is 5.56 Å². The zero-order valence-corrected chi connectivity index (χ0v) is 12.3. The molecule has 0 aliphatic heterocycles. The van der Waals surface area contributed by atoms with Crippen LogP contribution >= 0.6 is 0 Å². The van der Waals surface area contributed by atoms with Crippen LogP contribution in [-0.2, 0) is 16.6 Å². The number of fused-ring (bicyclic) bond motifs is 1. The van der Waals surface area contributed by atoms with Crippen molar-refractivity contribution in [2.75, 3.05) is 11.0 Å². The molecule has 0 amide bonds. The Hall–Kier alpha value is -2.34. The van der Waals surface area contributed by atoms with E-state index in [1.807, 2.05) is 47.0 Å². The highest BCUT2D eigenvalue weighted by Gasteiger charge is 2.05. The third kappa shape index (κ3) is 3.22.